The number of hydrogen-bond acceptors (Lipinski definition) is 2. The molecule has 3 nitrogen and oxygen atoms in total. The van der Waals surface area contributed by atoms with E-state index >= 15 is 0 Å². The van der Waals surface area contributed by atoms with Crippen molar-refractivity contribution in [2.24, 2.45) is 0 Å². The number of halogens is 1. The van der Waals surface area contributed by atoms with Gasteiger partial charge in [0.15, 0.2) is 5.78 Å². The predicted octanol–water partition coefficient (Wildman–Crippen LogP) is 3.48. The Morgan fingerprint density at radius 3 is 2.79 bits per heavy atom. The van der Waals surface area contributed by atoms with E-state index in [9.17, 15) is 9.18 Å². The molecule has 0 fully saturated rings. The molecule has 100 valence electrons. The van der Waals surface area contributed by atoms with E-state index in [1.54, 1.807) is 6.07 Å². The highest BCUT2D eigenvalue weighted by atomic mass is 19.1. The smallest absolute Gasteiger partial charge is 0.249 e. The van der Waals surface area contributed by atoms with Crippen LogP contribution >= 0.6 is 0 Å². The fourth-order valence-corrected chi connectivity index (χ4v) is 2.03. The van der Waals surface area contributed by atoms with Crippen molar-refractivity contribution in [3.63, 3.8) is 0 Å². The number of Topliss-reactive ketones (excluding diaryl/α,β-unsaturated/α-hetero) is 1. The molecule has 1 aromatic carbocycles. The monoisotopic (exact) mass is 260 g/mol. The van der Waals surface area contributed by atoms with Crippen LogP contribution in [0.1, 0.15) is 31.3 Å². The van der Waals surface area contributed by atoms with Crippen molar-refractivity contribution < 1.29 is 9.18 Å². The van der Waals surface area contributed by atoms with Gasteiger partial charge in [-0.25, -0.2) is 9.07 Å². The average molecular weight is 260 g/mol. The predicted molar refractivity (Wildman–Crippen MR) is 72.6 cm³/mol. The summed E-state index contributed by atoms with van der Waals surface area (Å²) in [4.78, 5) is 11.0. The van der Waals surface area contributed by atoms with Crippen molar-refractivity contribution in [1.82, 2.24) is 9.78 Å². The SMILES string of the molecule is CCc1ccc(C)cc1-c1ccn(C(F)C(C)=O)n1. The topological polar surface area (TPSA) is 34.9 Å². The Balaban J connectivity index is 2.43. The first-order valence-electron chi connectivity index (χ1n) is 6.32. The molecule has 4 heteroatoms. The van der Waals surface area contributed by atoms with Crippen molar-refractivity contribution in [2.45, 2.75) is 33.5 Å². The molecule has 19 heavy (non-hydrogen) atoms. The fourth-order valence-electron chi connectivity index (χ4n) is 2.03. The van der Waals surface area contributed by atoms with Crippen molar-refractivity contribution in [3.8, 4) is 11.3 Å². The van der Waals surface area contributed by atoms with E-state index in [4.69, 9.17) is 0 Å². The van der Waals surface area contributed by atoms with Gasteiger partial charge in [0.2, 0.25) is 6.30 Å². The summed E-state index contributed by atoms with van der Waals surface area (Å²) in [7, 11) is 0. The van der Waals surface area contributed by atoms with E-state index in [-0.39, 0.29) is 0 Å². The lowest BCUT2D eigenvalue weighted by molar-refractivity contribution is -0.125. The molecule has 1 unspecified atom stereocenters. The lowest BCUT2D eigenvalue weighted by atomic mass is 10.0. The number of carbonyl (C=O) groups is 1. The Hall–Kier alpha value is -1.97. The second-order valence-corrected chi connectivity index (χ2v) is 4.64. The Kier molecular flexibility index (Phi) is 3.79. The maximum absolute atomic E-state index is 13.6. The number of nitrogens with zero attached hydrogens (tertiary/aromatic N) is 2. The molecule has 2 rings (SSSR count). The molecular weight excluding hydrogens is 243 g/mol. The standard InChI is InChI=1S/C15H17FN2O/c1-4-12-6-5-10(2)9-13(12)14-7-8-18(17-14)15(16)11(3)19/h5-9,15H,4H2,1-3H3. The van der Waals surface area contributed by atoms with Gasteiger partial charge in [-0.15, -0.1) is 0 Å². The lowest BCUT2D eigenvalue weighted by Crippen LogP contribution is -2.12. The van der Waals surface area contributed by atoms with Gasteiger partial charge in [-0.3, -0.25) is 4.79 Å². The van der Waals surface area contributed by atoms with E-state index in [2.05, 4.69) is 18.1 Å². The Labute approximate surface area is 112 Å². The van der Waals surface area contributed by atoms with Gasteiger partial charge in [0, 0.05) is 11.8 Å². The van der Waals surface area contributed by atoms with Crippen LogP contribution in [0.25, 0.3) is 11.3 Å². The molecule has 0 amide bonds. The van der Waals surface area contributed by atoms with Crippen molar-refractivity contribution in [1.29, 1.82) is 0 Å². The fraction of sp³-hybridized carbons (Fsp3) is 0.333. The minimum Gasteiger partial charge on any atom is -0.295 e. The highest BCUT2D eigenvalue weighted by Crippen LogP contribution is 2.25. The molecule has 2 aromatic rings. The van der Waals surface area contributed by atoms with Crippen LogP contribution in [0.15, 0.2) is 30.5 Å². The molecule has 0 aliphatic heterocycles. The molecule has 1 heterocycles. The minimum atomic E-state index is -1.70. The van der Waals surface area contributed by atoms with E-state index < -0.39 is 12.1 Å². The van der Waals surface area contributed by atoms with E-state index in [1.165, 1.54) is 13.1 Å². The Morgan fingerprint density at radius 2 is 2.16 bits per heavy atom. The van der Waals surface area contributed by atoms with Crippen LogP contribution in [0, 0.1) is 6.92 Å². The van der Waals surface area contributed by atoms with Crippen LogP contribution in [0.4, 0.5) is 4.39 Å². The van der Waals surface area contributed by atoms with Crippen LogP contribution in [-0.2, 0) is 11.2 Å². The van der Waals surface area contributed by atoms with E-state index in [0.29, 0.717) is 5.69 Å². The Bertz CT molecular complexity index is 604. The molecule has 0 radical (unpaired) electrons. The molecule has 0 aliphatic rings. The van der Waals surface area contributed by atoms with Gasteiger partial charge in [0.05, 0.1) is 5.69 Å². The zero-order valence-corrected chi connectivity index (χ0v) is 11.4. The van der Waals surface area contributed by atoms with Gasteiger partial charge < -0.3 is 0 Å². The largest absolute Gasteiger partial charge is 0.295 e. The molecular formula is C15H17FN2O. The van der Waals surface area contributed by atoms with Gasteiger partial charge in [-0.1, -0.05) is 24.6 Å². The zero-order chi connectivity index (χ0) is 14.0. The summed E-state index contributed by atoms with van der Waals surface area (Å²) >= 11 is 0. The first-order chi connectivity index (χ1) is 9.02. The van der Waals surface area contributed by atoms with E-state index in [0.717, 1.165) is 27.8 Å². The minimum absolute atomic E-state index is 0.547. The van der Waals surface area contributed by atoms with Gasteiger partial charge in [0.25, 0.3) is 0 Å². The van der Waals surface area contributed by atoms with Crippen molar-refractivity contribution >= 4 is 5.78 Å². The number of carbonyl (C=O) groups excluding carboxylic acids is 1. The normalized spacial score (nSPS) is 12.4. The summed E-state index contributed by atoms with van der Waals surface area (Å²) in [5.74, 6) is -0.547. The van der Waals surface area contributed by atoms with Crippen LogP contribution in [0.5, 0.6) is 0 Å². The summed E-state index contributed by atoms with van der Waals surface area (Å²) in [6, 6.07) is 7.88. The van der Waals surface area contributed by atoms with E-state index in [1.807, 2.05) is 19.1 Å². The molecule has 1 atom stereocenters. The maximum atomic E-state index is 13.6. The quantitative estimate of drug-likeness (QED) is 0.843. The Morgan fingerprint density at radius 1 is 1.42 bits per heavy atom. The third-order valence-electron chi connectivity index (χ3n) is 3.10. The number of rotatable bonds is 4. The van der Waals surface area contributed by atoms with Crippen LogP contribution in [0.3, 0.4) is 0 Å². The summed E-state index contributed by atoms with van der Waals surface area (Å²) < 4.78 is 14.7. The average Bonchev–Trinajstić information content (AvgIpc) is 2.87. The van der Waals surface area contributed by atoms with Crippen molar-refractivity contribution in [2.75, 3.05) is 0 Å². The van der Waals surface area contributed by atoms with Crippen LogP contribution in [0.2, 0.25) is 0 Å². The number of ketones is 1. The molecule has 0 N–H and O–H groups in total. The number of aromatic nitrogens is 2. The second kappa shape index (κ2) is 5.34. The molecule has 0 aliphatic carbocycles. The number of aryl methyl sites for hydroxylation is 2. The number of alkyl halides is 1. The van der Waals surface area contributed by atoms with Gasteiger partial charge in [-0.05, 0) is 38.0 Å². The highest BCUT2D eigenvalue weighted by Gasteiger charge is 2.16. The summed E-state index contributed by atoms with van der Waals surface area (Å²) in [5, 5.41) is 4.17. The first-order valence-corrected chi connectivity index (χ1v) is 6.32. The number of benzene rings is 1. The molecule has 0 saturated carbocycles. The summed E-state index contributed by atoms with van der Waals surface area (Å²) in [5.41, 5.74) is 3.99. The van der Waals surface area contributed by atoms with Gasteiger partial charge >= 0.3 is 0 Å². The highest BCUT2D eigenvalue weighted by molar-refractivity contribution is 5.78. The first kappa shape index (κ1) is 13.5. The second-order valence-electron chi connectivity index (χ2n) is 4.64. The molecule has 1 aromatic heterocycles. The van der Waals surface area contributed by atoms with Gasteiger partial charge in [-0.2, -0.15) is 5.10 Å². The summed E-state index contributed by atoms with van der Waals surface area (Å²) in [6.45, 7) is 5.29. The number of hydrogen-bond donors (Lipinski definition) is 0. The third kappa shape index (κ3) is 2.72. The third-order valence-corrected chi connectivity index (χ3v) is 3.10. The zero-order valence-electron chi connectivity index (χ0n) is 11.4. The maximum Gasteiger partial charge on any atom is 0.249 e. The van der Waals surface area contributed by atoms with Crippen LogP contribution < -0.4 is 0 Å². The lowest BCUT2D eigenvalue weighted by Gasteiger charge is -2.07. The molecule has 0 bridgehead atoms. The molecule has 0 spiro atoms. The summed E-state index contributed by atoms with van der Waals surface area (Å²) in [6.07, 6.45) is 0.681. The van der Waals surface area contributed by atoms with Crippen LogP contribution in [-0.4, -0.2) is 15.6 Å². The van der Waals surface area contributed by atoms with Gasteiger partial charge in [0.1, 0.15) is 0 Å². The van der Waals surface area contributed by atoms with Crippen molar-refractivity contribution in [3.05, 3.63) is 41.6 Å². The molecule has 0 saturated heterocycles.